The molecule has 0 aliphatic heterocycles. The number of ether oxygens (including phenoxy) is 1. The molecule has 5 nitrogen and oxygen atoms in total. The first-order chi connectivity index (χ1) is 12.1. The lowest BCUT2D eigenvalue weighted by Gasteiger charge is -2.19. The molecule has 1 aromatic carbocycles. The Balaban J connectivity index is 2.28. The van der Waals surface area contributed by atoms with E-state index in [0.29, 0.717) is 19.4 Å². The van der Waals surface area contributed by atoms with E-state index in [4.69, 9.17) is 4.74 Å². The average Bonchev–Trinajstić information content (AvgIpc) is 2.58. The molecule has 2 unspecified atom stereocenters. The van der Waals surface area contributed by atoms with Crippen LogP contribution in [0.2, 0.25) is 0 Å². The molecule has 2 amide bonds. The second-order valence-electron chi connectivity index (χ2n) is 7.83. The summed E-state index contributed by atoms with van der Waals surface area (Å²) in [5, 5.41) is 5.59. The lowest BCUT2D eigenvalue weighted by Crippen LogP contribution is -2.47. The highest BCUT2D eigenvalue weighted by Crippen LogP contribution is 2.24. The number of benzene rings is 1. The van der Waals surface area contributed by atoms with Crippen molar-refractivity contribution in [3.63, 3.8) is 0 Å². The average molecular weight is 363 g/mol. The van der Waals surface area contributed by atoms with Crippen molar-refractivity contribution in [2.24, 2.45) is 0 Å². The molecule has 0 spiro atoms. The second-order valence-corrected chi connectivity index (χ2v) is 7.83. The van der Waals surface area contributed by atoms with Crippen LogP contribution in [0.5, 0.6) is 5.75 Å². The van der Waals surface area contributed by atoms with E-state index in [2.05, 4.69) is 43.5 Å². The molecule has 146 valence electrons. The molecule has 0 saturated carbocycles. The summed E-state index contributed by atoms with van der Waals surface area (Å²) < 4.78 is 5.68. The Hall–Kier alpha value is -2.04. The van der Waals surface area contributed by atoms with Crippen molar-refractivity contribution < 1.29 is 14.3 Å². The summed E-state index contributed by atoms with van der Waals surface area (Å²) in [7, 11) is 0. The van der Waals surface area contributed by atoms with Crippen molar-refractivity contribution in [1.82, 2.24) is 10.6 Å². The normalized spacial score (nSPS) is 13.6. The number of carbonyl (C=O) groups is 2. The van der Waals surface area contributed by atoms with Crippen molar-refractivity contribution in [3.05, 3.63) is 29.8 Å². The third kappa shape index (κ3) is 7.89. The van der Waals surface area contributed by atoms with Crippen LogP contribution in [0.25, 0.3) is 0 Å². The van der Waals surface area contributed by atoms with Crippen LogP contribution in [0.3, 0.4) is 0 Å². The fourth-order valence-electron chi connectivity index (χ4n) is 2.32. The van der Waals surface area contributed by atoms with Gasteiger partial charge in [0.15, 0.2) is 0 Å². The first-order valence-corrected chi connectivity index (χ1v) is 9.46. The molecule has 1 aromatic rings. The Morgan fingerprint density at radius 3 is 2.23 bits per heavy atom. The van der Waals surface area contributed by atoms with Crippen LogP contribution in [0.4, 0.5) is 0 Å². The summed E-state index contributed by atoms with van der Waals surface area (Å²) in [6.07, 6.45) is 1.80. The van der Waals surface area contributed by atoms with E-state index in [9.17, 15) is 9.59 Å². The van der Waals surface area contributed by atoms with Gasteiger partial charge < -0.3 is 15.4 Å². The molecular formula is C21H34N2O3. The Bertz CT molecular complexity index is 576. The van der Waals surface area contributed by atoms with Gasteiger partial charge in [-0.25, -0.2) is 0 Å². The molecule has 0 aliphatic rings. The third-order valence-electron chi connectivity index (χ3n) is 4.31. The van der Waals surface area contributed by atoms with Gasteiger partial charge in [0.2, 0.25) is 11.8 Å². The number of carbonyl (C=O) groups excluding carboxylic acids is 2. The Morgan fingerprint density at radius 1 is 1.08 bits per heavy atom. The largest absolute Gasteiger partial charge is 0.494 e. The molecule has 2 atom stereocenters. The van der Waals surface area contributed by atoms with Crippen LogP contribution in [0.15, 0.2) is 24.3 Å². The fourth-order valence-corrected chi connectivity index (χ4v) is 2.32. The summed E-state index contributed by atoms with van der Waals surface area (Å²) in [6, 6.07) is 7.64. The number of rotatable bonds is 9. The third-order valence-corrected chi connectivity index (χ3v) is 4.31. The van der Waals surface area contributed by atoms with Gasteiger partial charge in [-0.3, -0.25) is 9.59 Å². The zero-order valence-corrected chi connectivity index (χ0v) is 17.0. The van der Waals surface area contributed by atoms with E-state index in [-0.39, 0.29) is 23.3 Å². The van der Waals surface area contributed by atoms with E-state index >= 15 is 0 Å². The quantitative estimate of drug-likeness (QED) is 0.660. The molecule has 5 heteroatoms. The van der Waals surface area contributed by atoms with Gasteiger partial charge in [-0.05, 0) is 49.8 Å². The monoisotopic (exact) mass is 362 g/mol. The molecule has 2 N–H and O–H groups in total. The number of nitrogens with one attached hydrogen (secondary N) is 2. The molecule has 0 heterocycles. The zero-order valence-electron chi connectivity index (χ0n) is 17.0. The predicted octanol–water partition coefficient (Wildman–Crippen LogP) is 3.56. The fraction of sp³-hybridized carbons (Fsp3) is 0.619. The SMILES string of the molecule is CCC(C)NC(=O)C(C)NC(=O)CCCOc1ccc(C(C)(C)C)cc1. The van der Waals surface area contributed by atoms with Crippen LogP contribution >= 0.6 is 0 Å². The van der Waals surface area contributed by atoms with Crippen molar-refractivity contribution in [2.75, 3.05) is 6.61 Å². The first kappa shape index (κ1) is 22.0. The summed E-state index contributed by atoms with van der Waals surface area (Å²) >= 11 is 0. The predicted molar refractivity (Wildman–Crippen MR) is 105 cm³/mol. The maximum atomic E-state index is 11.9. The van der Waals surface area contributed by atoms with Crippen LogP contribution in [-0.4, -0.2) is 30.5 Å². The van der Waals surface area contributed by atoms with Crippen molar-refractivity contribution in [3.8, 4) is 5.75 Å². The van der Waals surface area contributed by atoms with Gasteiger partial charge in [0.25, 0.3) is 0 Å². The highest BCUT2D eigenvalue weighted by Gasteiger charge is 2.16. The van der Waals surface area contributed by atoms with E-state index < -0.39 is 6.04 Å². The van der Waals surface area contributed by atoms with Crippen LogP contribution in [-0.2, 0) is 15.0 Å². The maximum Gasteiger partial charge on any atom is 0.242 e. The van der Waals surface area contributed by atoms with Crippen molar-refractivity contribution in [2.45, 2.75) is 78.3 Å². The summed E-state index contributed by atoms with van der Waals surface area (Å²) in [6.45, 7) is 12.6. The van der Waals surface area contributed by atoms with Crippen LogP contribution in [0, 0.1) is 0 Å². The smallest absolute Gasteiger partial charge is 0.242 e. The van der Waals surface area contributed by atoms with E-state index in [1.165, 1.54) is 5.56 Å². The molecule has 26 heavy (non-hydrogen) atoms. The number of hydrogen-bond donors (Lipinski definition) is 2. The van der Waals surface area contributed by atoms with Gasteiger partial charge >= 0.3 is 0 Å². The van der Waals surface area contributed by atoms with E-state index in [0.717, 1.165) is 12.2 Å². The maximum absolute atomic E-state index is 11.9. The van der Waals surface area contributed by atoms with E-state index in [1.54, 1.807) is 6.92 Å². The molecular weight excluding hydrogens is 328 g/mol. The topological polar surface area (TPSA) is 67.4 Å². The minimum atomic E-state index is -0.526. The molecule has 0 bridgehead atoms. The van der Waals surface area contributed by atoms with E-state index in [1.807, 2.05) is 26.0 Å². The van der Waals surface area contributed by atoms with Crippen molar-refractivity contribution in [1.29, 1.82) is 0 Å². The summed E-state index contributed by atoms with van der Waals surface area (Å²) in [4.78, 5) is 23.8. The van der Waals surface area contributed by atoms with Gasteiger partial charge in [-0.15, -0.1) is 0 Å². The van der Waals surface area contributed by atoms with Crippen LogP contribution in [0.1, 0.15) is 66.4 Å². The second kappa shape index (κ2) is 10.2. The van der Waals surface area contributed by atoms with Crippen LogP contribution < -0.4 is 15.4 Å². The minimum Gasteiger partial charge on any atom is -0.494 e. The van der Waals surface area contributed by atoms with Gasteiger partial charge in [0.1, 0.15) is 11.8 Å². The molecule has 0 aliphatic carbocycles. The summed E-state index contributed by atoms with van der Waals surface area (Å²) in [5.41, 5.74) is 1.38. The van der Waals surface area contributed by atoms with Gasteiger partial charge in [-0.1, -0.05) is 39.8 Å². The standard InChI is InChI=1S/C21H34N2O3/c1-7-15(2)22-20(25)16(3)23-19(24)9-8-14-26-18-12-10-17(11-13-18)21(4,5)6/h10-13,15-16H,7-9,14H2,1-6H3,(H,22,25)(H,23,24). The van der Waals surface area contributed by atoms with Gasteiger partial charge in [-0.2, -0.15) is 0 Å². The molecule has 0 fully saturated rings. The number of hydrogen-bond acceptors (Lipinski definition) is 3. The zero-order chi connectivity index (χ0) is 19.7. The molecule has 0 saturated heterocycles. The Kier molecular flexibility index (Phi) is 8.62. The van der Waals surface area contributed by atoms with Gasteiger partial charge in [0.05, 0.1) is 6.61 Å². The number of amides is 2. The summed E-state index contributed by atoms with van der Waals surface area (Å²) in [5.74, 6) is 0.520. The Morgan fingerprint density at radius 2 is 1.69 bits per heavy atom. The first-order valence-electron chi connectivity index (χ1n) is 9.46. The molecule has 0 aromatic heterocycles. The van der Waals surface area contributed by atoms with Crippen molar-refractivity contribution >= 4 is 11.8 Å². The highest BCUT2D eigenvalue weighted by atomic mass is 16.5. The molecule has 0 radical (unpaired) electrons. The lowest BCUT2D eigenvalue weighted by molar-refractivity contribution is -0.129. The Labute approximate surface area is 157 Å². The lowest BCUT2D eigenvalue weighted by atomic mass is 9.87. The van der Waals surface area contributed by atoms with Gasteiger partial charge in [0, 0.05) is 12.5 Å². The molecule has 1 rings (SSSR count). The highest BCUT2D eigenvalue weighted by molar-refractivity contribution is 5.87. The minimum absolute atomic E-state index is 0.111.